The van der Waals surface area contributed by atoms with Crippen LogP contribution in [0.15, 0.2) is 83.7 Å². The van der Waals surface area contributed by atoms with Crippen LogP contribution in [0.1, 0.15) is 25.2 Å². The first-order valence-corrected chi connectivity index (χ1v) is 11.7. The molecule has 1 aromatic heterocycles. The number of aromatic nitrogens is 2. The van der Waals surface area contributed by atoms with Gasteiger partial charge in [-0.25, -0.2) is 9.78 Å². The third-order valence-corrected chi connectivity index (χ3v) is 5.49. The Balaban J connectivity index is 1.55. The van der Waals surface area contributed by atoms with Gasteiger partial charge in [0.05, 0.1) is 23.2 Å². The molecule has 0 aliphatic carbocycles. The molecule has 1 heterocycles. The van der Waals surface area contributed by atoms with Crippen LogP contribution in [0.2, 0.25) is 0 Å². The summed E-state index contributed by atoms with van der Waals surface area (Å²) in [4.78, 5) is 30.1. The van der Waals surface area contributed by atoms with Crippen molar-refractivity contribution in [2.45, 2.75) is 33.0 Å². The van der Waals surface area contributed by atoms with Crippen LogP contribution in [0, 0.1) is 0 Å². The van der Waals surface area contributed by atoms with Crippen LogP contribution in [0.4, 0.5) is 0 Å². The first-order chi connectivity index (χ1) is 17.1. The lowest BCUT2D eigenvalue weighted by atomic mass is 10.1. The molecule has 0 spiro atoms. The predicted molar refractivity (Wildman–Crippen MR) is 134 cm³/mol. The van der Waals surface area contributed by atoms with Gasteiger partial charge in [0.25, 0.3) is 5.56 Å². The molecule has 0 radical (unpaired) electrons. The second-order valence-corrected chi connectivity index (χ2v) is 7.85. The summed E-state index contributed by atoms with van der Waals surface area (Å²) in [6.45, 7) is 4.46. The summed E-state index contributed by atoms with van der Waals surface area (Å²) in [6.07, 6.45) is -0.235. The Morgan fingerprint density at radius 3 is 2.34 bits per heavy atom. The third-order valence-electron chi connectivity index (χ3n) is 5.49. The molecule has 4 aromatic rings. The van der Waals surface area contributed by atoms with Gasteiger partial charge in [-0.2, -0.15) is 0 Å². The summed E-state index contributed by atoms with van der Waals surface area (Å²) in [5.74, 6) is 0.762. The number of hydrogen-bond donors (Lipinski definition) is 0. The molecule has 1 unspecified atom stereocenters. The Morgan fingerprint density at radius 1 is 0.914 bits per heavy atom. The highest BCUT2D eigenvalue weighted by atomic mass is 16.6. The average molecular weight is 473 g/mol. The topological polar surface area (TPSA) is 79.7 Å². The van der Waals surface area contributed by atoms with Gasteiger partial charge >= 0.3 is 5.97 Å². The SMILES string of the molecule is CCOC(=O)C(Cc1ccc(OCc2nc3ccccc3c(=O)n2-c2ccccc2)cc1)OCC. The highest BCUT2D eigenvalue weighted by Crippen LogP contribution is 2.18. The maximum Gasteiger partial charge on any atom is 0.335 e. The lowest BCUT2D eigenvalue weighted by molar-refractivity contribution is -0.156. The highest BCUT2D eigenvalue weighted by molar-refractivity contribution is 5.77. The molecule has 180 valence electrons. The van der Waals surface area contributed by atoms with Gasteiger partial charge in [0, 0.05) is 13.0 Å². The monoisotopic (exact) mass is 472 g/mol. The van der Waals surface area contributed by atoms with E-state index in [2.05, 4.69) is 0 Å². The first-order valence-electron chi connectivity index (χ1n) is 11.7. The summed E-state index contributed by atoms with van der Waals surface area (Å²) in [5, 5.41) is 0.551. The molecule has 0 saturated carbocycles. The zero-order chi connectivity index (χ0) is 24.6. The number of nitrogens with zero attached hydrogens (tertiary/aromatic N) is 2. The van der Waals surface area contributed by atoms with Crippen molar-refractivity contribution in [1.82, 2.24) is 9.55 Å². The van der Waals surface area contributed by atoms with Gasteiger partial charge in [-0.15, -0.1) is 0 Å². The maximum absolute atomic E-state index is 13.3. The molecular weight excluding hydrogens is 444 g/mol. The van der Waals surface area contributed by atoms with Crippen LogP contribution in [-0.4, -0.2) is 34.8 Å². The minimum atomic E-state index is -0.645. The molecule has 0 aliphatic heterocycles. The molecule has 1 atom stereocenters. The van der Waals surface area contributed by atoms with Crippen molar-refractivity contribution in [3.63, 3.8) is 0 Å². The van der Waals surface area contributed by atoms with Gasteiger partial charge in [0.1, 0.15) is 12.4 Å². The van der Waals surface area contributed by atoms with E-state index in [0.29, 0.717) is 42.1 Å². The smallest absolute Gasteiger partial charge is 0.335 e. The summed E-state index contributed by atoms with van der Waals surface area (Å²) >= 11 is 0. The number of ether oxygens (including phenoxy) is 3. The van der Waals surface area contributed by atoms with Crippen LogP contribution in [0.3, 0.4) is 0 Å². The molecule has 7 nitrogen and oxygen atoms in total. The average Bonchev–Trinajstić information content (AvgIpc) is 2.89. The Kier molecular flexibility index (Phi) is 7.90. The van der Waals surface area contributed by atoms with Crippen molar-refractivity contribution >= 4 is 16.9 Å². The van der Waals surface area contributed by atoms with E-state index in [1.54, 1.807) is 17.6 Å². The number of carbonyl (C=O) groups is 1. The molecule has 0 bridgehead atoms. The van der Waals surface area contributed by atoms with Crippen molar-refractivity contribution in [3.05, 3.63) is 101 Å². The largest absolute Gasteiger partial charge is 0.486 e. The van der Waals surface area contributed by atoms with E-state index in [0.717, 1.165) is 11.3 Å². The van der Waals surface area contributed by atoms with Gasteiger partial charge in [-0.1, -0.05) is 42.5 Å². The van der Waals surface area contributed by atoms with Crippen LogP contribution in [-0.2, 0) is 27.3 Å². The zero-order valence-electron chi connectivity index (χ0n) is 19.8. The minimum Gasteiger partial charge on any atom is -0.486 e. The lowest BCUT2D eigenvalue weighted by Crippen LogP contribution is -2.28. The molecule has 0 fully saturated rings. The fourth-order valence-electron chi connectivity index (χ4n) is 3.85. The lowest BCUT2D eigenvalue weighted by Gasteiger charge is -2.16. The second kappa shape index (κ2) is 11.4. The fraction of sp³-hybridized carbons (Fsp3) is 0.250. The number of hydrogen-bond acceptors (Lipinski definition) is 6. The van der Waals surface area contributed by atoms with E-state index in [1.165, 1.54) is 0 Å². The van der Waals surface area contributed by atoms with Crippen molar-refractivity contribution in [3.8, 4) is 11.4 Å². The van der Waals surface area contributed by atoms with Crippen molar-refractivity contribution < 1.29 is 19.0 Å². The number of para-hydroxylation sites is 2. The summed E-state index contributed by atoms with van der Waals surface area (Å²) in [7, 11) is 0. The van der Waals surface area contributed by atoms with Crippen LogP contribution < -0.4 is 10.3 Å². The molecule has 0 amide bonds. The molecule has 3 aromatic carbocycles. The number of esters is 1. The Morgan fingerprint density at radius 2 is 1.63 bits per heavy atom. The number of benzene rings is 3. The summed E-state index contributed by atoms with van der Waals surface area (Å²) in [5.41, 5.74) is 2.13. The van der Waals surface area contributed by atoms with Gasteiger partial charge in [-0.3, -0.25) is 9.36 Å². The summed E-state index contributed by atoms with van der Waals surface area (Å²) in [6, 6.07) is 24.1. The molecule has 35 heavy (non-hydrogen) atoms. The van der Waals surface area contributed by atoms with Gasteiger partial charge < -0.3 is 14.2 Å². The molecule has 0 N–H and O–H groups in total. The zero-order valence-corrected chi connectivity index (χ0v) is 19.8. The van der Waals surface area contributed by atoms with E-state index in [4.69, 9.17) is 19.2 Å². The van der Waals surface area contributed by atoms with E-state index in [1.807, 2.05) is 79.7 Å². The quantitative estimate of drug-likeness (QED) is 0.317. The molecule has 0 saturated heterocycles. The Hall–Kier alpha value is -3.97. The van der Waals surface area contributed by atoms with Crippen molar-refractivity contribution in [1.29, 1.82) is 0 Å². The predicted octanol–water partition coefficient (Wildman–Crippen LogP) is 4.48. The minimum absolute atomic E-state index is 0.110. The highest BCUT2D eigenvalue weighted by Gasteiger charge is 2.20. The fourth-order valence-corrected chi connectivity index (χ4v) is 3.85. The molecule has 4 rings (SSSR count). The number of fused-ring (bicyclic) bond motifs is 1. The molecular formula is C28H28N2O5. The van der Waals surface area contributed by atoms with Crippen molar-refractivity contribution in [2.75, 3.05) is 13.2 Å². The van der Waals surface area contributed by atoms with E-state index in [9.17, 15) is 9.59 Å². The Bertz CT molecular complexity index is 1330. The van der Waals surface area contributed by atoms with Crippen LogP contribution >= 0.6 is 0 Å². The standard InChI is InChI=1S/C28H28N2O5/c1-3-33-25(28(32)34-4-2)18-20-14-16-22(17-15-20)35-19-26-29-24-13-9-8-12-23(24)27(31)30(26)21-10-6-5-7-11-21/h5-17,25H,3-4,18-19H2,1-2H3. The van der Waals surface area contributed by atoms with Gasteiger partial charge in [-0.05, 0) is 55.8 Å². The normalized spacial score (nSPS) is 11.8. The second-order valence-electron chi connectivity index (χ2n) is 7.85. The van der Waals surface area contributed by atoms with Crippen LogP contribution in [0.5, 0.6) is 5.75 Å². The summed E-state index contributed by atoms with van der Waals surface area (Å²) < 4.78 is 18.2. The number of carbonyl (C=O) groups excluding carboxylic acids is 1. The van der Waals surface area contributed by atoms with E-state index in [-0.39, 0.29) is 18.1 Å². The number of rotatable bonds is 10. The molecule has 7 heteroatoms. The van der Waals surface area contributed by atoms with Gasteiger partial charge in [0.15, 0.2) is 11.9 Å². The van der Waals surface area contributed by atoms with E-state index >= 15 is 0 Å². The van der Waals surface area contributed by atoms with Crippen LogP contribution in [0.25, 0.3) is 16.6 Å². The van der Waals surface area contributed by atoms with Gasteiger partial charge in [0.2, 0.25) is 0 Å². The van der Waals surface area contributed by atoms with Crippen molar-refractivity contribution in [2.24, 2.45) is 0 Å². The third kappa shape index (κ3) is 5.75. The maximum atomic E-state index is 13.3. The Labute approximate surface area is 203 Å². The molecule has 0 aliphatic rings. The first kappa shape index (κ1) is 24.2. The van der Waals surface area contributed by atoms with E-state index < -0.39 is 6.10 Å².